The number of anilines is 2. The van der Waals surface area contributed by atoms with E-state index in [9.17, 15) is 19.5 Å². The van der Waals surface area contributed by atoms with Crippen LogP contribution >= 0.6 is 0 Å². The Balaban J connectivity index is 1.35. The molecule has 4 aromatic carbocycles. The Hall–Kier alpha value is -5.11. The van der Waals surface area contributed by atoms with Crippen LogP contribution in [0.25, 0.3) is 0 Å². The summed E-state index contributed by atoms with van der Waals surface area (Å²) in [4.78, 5) is 39.6. The average Bonchev–Trinajstić information content (AvgIpc) is 3.05. The molecule has 4 aromatic rings. The lowest BCUT2D eigenvalue weighted by atomic mass is 10.00. The van der Waals surface area contributed by atoms with Gasteiger partial charge in [0, 0.05) is 36.2 Å². The minimum absolute atomic E-state index is 0.00232. The molecule has 0 aliphatic carbocycles. The number of carbonyl (C=O) groups is 3. The van der Waals surface area contributed by atoms with Crippen molar-refractivity contribution >= 4 is 29.0 Å². The largest absolute Gasteiger partial charge is 0.495 e. The van der Waals surface area contributed by atoms with Crippen molar-refractivity contribution in [2.24, 2.45) is 0 Å². The lowest BCUT2D eigenvalue weighted by Crippen LogP contribution is -2.32. The van der Waals surface area contributed by atoms with E-state index in [1.54, 1.807) is 72.7 Å². The number of ketones is 1. The van der Waals surface area contributed by atoms with Gasteiger partial charge in [0.1, 0.15) is 17.5 Å². The number of hydrogen-bond donors (Lipinski definition) is 2. The monoisotopic (exact) mass is 580 g/mol. The normalized spacial score (nSPS) is 11.3. The van der Waals surface area contributed by atoms with E-state index in [1.165, 1.54) is 0 Å². The quantitative estimate of drug-likeness (QED) is 0.127. The molecule has 0 heterocycles. The van der Waals surface area contributed by atoms with Crippen molar-refractivity contribution in [3.05, 3.63) is 120 Å². The van der Waals surface area contributed by atoms with Gasteiger partial charge in [-0.3, -0.25) is 9.59 Å². The maximum absolute atomic E-state index is 13.1. The van der Waals surface area contributed by atoms with Gasteiger partial charge in [-0.25, -0.2) is 4.79 Å². The van der Waals surface area contributed by atoms with Crippen LogP contribution in [0.2, 0.25) is 0 Å². The maximum Gasteiger partial charge on any atom is 0.326 e. The molecule has 43 heavy (non-hydrogen) atoms. The van der Waals surface area contributed by atoms with Crippen LogP contribution in [0.5, 0.6) is 11.5 Å². The molecule has 1 unspecified atom stereocenters. The van der Waals surface area contributed by atoms with Crippen molar-refractivity contribution in [3.8, 4) is 11.5 Å². The third-order valence-electron chi connectivity index (χ3n) is 6.97. The highest BCUT2D eigenvalue weighted by Gasteiger charge is 2.22. The first-order chi connectivity index (χ1) is 20.9. The predicted octanol–water partition coefficient (Wildman–Crippen LogP) is 6.25. The highest BCUT2D eigenvalue weighted by atomic mass is 16.5. The van der Waals surface area contributed by atoms with Gasteiger partial charge >= 0.3 is 5.97 Å². The molecule has 0 saturated heterocycles. The van der Waals surface area contributed by atoms with Crippen LogP contribution in [0.15, 0.2) is 103 Å². The Labute approximate surface area is 251 Å². The van der Waals surface area contributed by atoms with Gasteiger partial charge in [0.25, 0.3) is 0 Å². The zero-order chi connectivity index (χ0) is 30.6. The molecule has 1 amide bonds. The Morgan fingerprint density at radius 1 is 0.860 bits per heavy atom. The van der Waals surface area contributed by atoms with Crippen LogP contribution in [0, 0.1) is 0 Å². The fourth-order valence-electron chi connectivity index (χ4n) is 4.73. The fourth-order valence-corrected chi connectivity index (χ4v) is 4.73. The van der Waals surface area contributed by atoms with E-state index in [4.69, 9.17) is 9.47 Å². The molecular formula is C35H36N2O6. The van der Waals surface area contributed by atoms with Gasteiger partial charge in [0.2, 0.25) is 5.91 Å². The Morgan fingerprint density at radius 3 is 2.23 bits per heavy atom. The molecule has 0 radical (unpaired) electrons. The number of aliphatic carboxylic acids is 1. The second kappa shape index (κ2) is 15.2. The molecule has 2 N–H and O–H groups in total. The van der Waals surface area contributed by atoms with E-state index in [-0.39, 0.29) is 18.1 Å². The summed E-state index contributed by atoms with van der Waals surface area (Å²) in [7, 11) is 1.58. The van der Waals surface area contributed by atoms with E-state index in [0.717, 1.165) is 11.3 Å². The first kappa shape index (κ1) is 30.8. The molecular weight excluding hydrogens is 544 g/mol. The standard InChI is InChI=1S/C35H36N2O6/c1-3-33(38)37(31-16-9-10-17-32(31)42-2)22-11-23-43-27-20-18-25(19-21-27)24-30(35(40)41)36-29-15-8-7-14-28(29)34(39)26-12-5-4-6-13-26/h4-10,12-21,30,36H,3,11,22-24H2,1-2H3,(H,40,41). The number of methoxy groups -OCH3 is 1. The molecule has 0 aromatic heterocycles. The number of rotatable bonds is 15. The summed E-state index contributed by atoms with van der Waals surface area (Å²) in [6.07, 6.45) is 1.19. The van der Waals surface area contributed by atoms with Crippen molar-refractivity contribution in [3.63, 3.8) is 0 Å². The summed E-state index contributed by atoms with van der Waals surface area (Å²) in [5.41, 5.74) is 2.94. The molecule has 222 valence electrons. The first-order valence-electron chi connectivity index (χ1n) is 14.2. The van der Waals surface area contributed by atoms with Gasteiger partial charge in [0.05, 0.1) is 19.4 Å². The van der Waals surface area contributed by atoms with Crippen LogP contribution in [0.1, 0.15) is 41.3 Å². The van der Waals surface area contributed by atoms with Crippen molar-refractivity contribution in [2.45, 2.75) is 32.2 Å². The van der Waals surface area contributed by atoms with E-state index >= 15 is 0 Å². The molecule has 0 aliphatic rings. The molecule has 0 fully saturated rings. The van der Waals surface area contributed by atoms with Gasteiger partial charge < -0.3 is 24.8 Å². The van der Waals surface area contributed by atoms with Crippen molar-refractivity contribution in [1.29, 1.82) is 0 Å². The van der Waals surface area contributed by atoms with Crippen LogP contribution in [0.4, 0.5) is 11.4 Å². The van der Waals surface area contributed by atoms with Crippen molar-refractivity contribution in [2.75, 3.05) is 30.5 Å². The highest BCUT2D eigenvalue weighted by Crippen LogP contribution is 2.28. The number of hydrogen-bond acceptors (Lipinski definition) is 6. The Bertz CT molecular complexity index is 1520. The number of nitrogens with zero attached hydrogens (tertiary/aromatic N) is 1. The first-order valence-corrected chi connectivity index (χ1v) is 14.2. The number of carbonyl (C=O) groups excluding carboxylic acids is 2. The second-order valence-electron chi connectivity index (χ2n) is 9.90. The van der Waals surface area contributed by atoms with E-state index < -0.39 is 12.0 Å². The third kappa shape index (κ3) is 8.23. The smallest absolute Gasteiger partial charge is 0.326 e. The van der Waals surface area contributed by atoms with Gasteiger partial charge in [-0.1, -0.05) is 73.7 Å². The minimum atomic E-state index is -1.02. The molecule has 8 heteroatoms. The molecule has 8 nitrogen and oxygen atoms in total. The van der Waals surface area contributed by atoms with Gasteiger partial charge in [-0.05, 0) is 48.4 Å². The molecule has 0 aliphatic heterocycles. The number of benzene rings is 4. The van der Waals surface area contributed by atoms with E-state index in [2.05, 4.69) is 5.32 Å². The molecule has 0 bridgehead atoms. The summed E-state index contributed by atoms with van der Waals surface area (Å²) in [5.74, 6) is 0.0831. The highest BCUT2D eigenvalue weighted by molar-refractivity contribution is 6.12. The fraction of sp³-hybridized carbons (Fsp3) is 0.229. The Morgan fingerprint density at radius 2 is 1.53 bits per heavy atom. The average molecular weight is 581 g/mol. The molecule has 0 spiro atoms. The number of ether oxygens (including phenoxy) is 2. The summed E-state index contributed by atoms with van der Waals surface area (Å²) < 4.78 is 11.3. The van der Waals surface area contributed by atoms with Gasteiger partial charge in [-0.2, -0.15) is 0 Å². The number of para-hydroxylation sites is 3. The molecule has 1 atom stereocenters. The lowest BCUT2D eigenvalue weighted by molar-refractivity contribution is -0.137. The van der Waals surface area contributed by atoms with Crippen LogP contribution in [-0.2, 0) is 16.0 Å². The van der Waals surface area contributed by atoms with Gasteiger partial charge in [-0.15, -0.1) is 0 Å². The number of carboxylic acid groups (broad SMARTS) is 1. The van der Waals surface area contributed by atoms with Crippen molar-refractivity contribution < 1.29 is 29.0 Å². The summed E-state index contributed by atoms with van der Waals surface area (Å²) in [6.45, 7) is 2.70. The number of nitrogens with one attached hydrogen (secondary N) is 1. The second-order valence-corrected chi connectivity index (χ2v) is 9.90. The number of carboxylic acids is 1. The van der Waals surface area contributed by atoms with Crippen LogP contribution in [-0.4, -0.2) is 49.1 Å². The molecule has 4 rings (SSSR count). The van der Waals surface area contributed by atoms with Crippen molar-refractivity contribution in [1.82, 2.24) is 0 Å². The van der Waals surface area contributed by atoms with Gasteiger partial charge in [0.15, 0.2) is 5.78 Å². The SMILES string of the molecule is CCC(=O)N(CCCOc1ccc(CC(Nc2ccccc2C(=O)c2ccccc2)C(=O)O)cc1)c1ccccc1OC. The Kier molecular flexibility index (Phi) is 10.9. The predicted molar refractivity (Wildman–Crippen MR) is 167 cm³/mol. The summed E-state index contributed by atoms with van der Waals surface area (Å²) in [6, 6.07) is 29.6. The maximum atomic E-state index is 13.1. The van der Waals surface area contributed by atoms with E-state index in [1.807, 2.05) is 49.4 Å². The third-order valence-corrected chi connectivity index (χ3v) is 6.97. The number of amides is 1. The van der Waals surface area contributed by atoms with Crippen LogP contribution < -0.4 is 19.7 Å². The van der Waals surface area contributed by atoms with E-state index in [0.29, 0.717) is 54.3 Å². The topological polar surface area (TPSA) is 105 Å². The summed E-state index contributed by atoms with van der Waals surface area (Å²) >= 11 is 0. The zero-order valence-electron chi connectivity index (χ0n) is 24.4. The zero-order valence-corrected chi connectivity index (χ0v) is 24.4. The lowest BCUT2D eigenvalue weighted by Gasteiger charge is -2.24. The molecule has 0 saturated carbocycles. The van der Waals surface area contributed by atoms with Crippen LogP contribution in [0.3, 0.4) is 0 Å². The summed E-state index contributed by atoms with van der Waals surface area (Å²) in [5, 5.41) is 13.0. The minimum Gasteiger partial charge on any atom is -0.495 e.